The first-order valence-corrected chi connectivity index (χ1v) is 9.36. The summed E-state index contributed by atoms with van der Waals surface area (Å²) < 4.78 is 24.4. The van der Waals surface area contributed by atoms with Crippen molar-refractivity contribution in [2.45, 2.75) is 45.3 Å². The van der Waals surface area contributed by atoms with E-state index >= 15 is 0 Å². The maximum absolute atomic E-state index is 13.5. The number of benzene rings is 2. The number of methoxy groups -OCH3 is 1. The van der Waals surface area contributed by atoms with E-state index in [2.05, 4.69) is 18.7 Å². The Hall–Kier alpha value is -1.82. The molecular weight excluding hydrogens is 381 g/mol. The first kappa shape index (κ1) is 22.5. The largest absolute Gasteiger partial charge is 0.493 e. The highest BCUT2D eigenvalue weighted by atomic mass is 35.5. The molecule has 6 heteroatoms. The number of ether oxygens (including phenoxy) is 2. The smallest absolute Gasteiger partial charge is 0.161 e. The zero-order valence-electron chi connectivity index (χ0n) is 16.7. The summed E-state index contributed by atoms with van der Waals surface area (Å²) in [5, 5.41) is 8.91. The van der Waals surface area contributed by atoms with Crippen LogP contribution in [0.5, 0.6) is 11.5 Å². The Kier molecular flexibility index (Phi) is 7.70. The van der Waals surface area contributed by atoms with E-state index < -0.39 is 0 Å². The van der Waals surface area contributed by atoms with Crippen molar-refractivity contribution in [2.75, 3.05) is 20.3 Å². The molecule has 1 aliphatic heterocycles. The number of aliphatic hydroxyl groups excluding tert-OH is 1. The van der Waals surface area contributed by atoms with E-state index in [9.17, 15) is 4.39 Å². The summed E-state index contributed by atoms with van der Waals surface area (Å²) in [5.74, 6) is 1.17. The van der Waals surface area contributed by atoms with Gasteiger partial charge in [0.2, 0.25) is 0 Å². The SMILES string of the molecule is COc1cc(CCC(C)(C)N2Cc3ccc(F)cc3C2)ccc1OCCO.Cl. The Bertz CT molecular complexity index is 797. The number of halogens is 2. The summed E-state index contributed by atoms with van der Waals surface area (Å²) in [7, 11) is 1.62. The van der Waals surface area contributed by atoms with Crippen LogP contribution in [-0.4, -0.2) is 35.9 Å². The number of hydrogen-bond donors (Lipinski definition) is 1. The van der Waals surface area contributed by atoms with Crippen molar-refractivity contribution in [3.05, 3.63) is 58.9 Å². The summed E-state index contributed by atoms with van der Waals surface area (Å²) >= 11 is 0. The van der Waals surface area contributed by atoms with Gasteiger partial charge in [0.25, 0.3) is 0 Å². The Balaban J connectivity index is 0.00000280. The van der Waals surface area contributed by atoms with Gasteiger partial charge >= 0.3 is 0 Å². The normalized spacial score (nSPS) is 13.8. The van der Waals surface area contributed by atoms with Crippen LogP contribution in [0.2, 0.25) is 0 Å². The van der Waals surface area contributed by atoms with E-state index in [1.165, 1.54) is 11.1 Å². The summed E-state index contributed by atoms with van der Waals surface area (Å²) in [6, 6.07) is 11.0. The molecule has 1 aliphatic rings. The quantitative estimate of drug-likeness (QED) is 0.703. The second-order valence-corrected chi connectivity index (χ2v) is 7.64. The molecule has 154 valence electrons. The third-order valence-electron chi connectivity index (χ3n) is 5.35. The molecule has 0 spiro atoms. The lowest BCUT2D eigenvalue weighted by Crippen LogP contribution is -2.40. The molecule has 0 aliphatic carbocycles. The maximum atomic E-state index is 13.5. The van der Waals surface area contributed by atoms with Crippen molar-refractivity contribution < 1.29 is 19.0 Å². The van der Waals surface area contributed by atoms with Crippen LogP contribution in [0.4, 0.5) is 4.39 Å². The fourth-order valence-electron chi connectivity index (χ4n) is 3.54. The van der Waals surface area contributed by atoms with Gasteiger partial charge in [-0.3, -0.25) is 4.90 Å². The number of fused-ring (bicyclic) bond motifs is 1. The van der Waals surface area contributed by atoms with Crippen molar-refractivity contribution in [3.8, 4) is 11.5 Å². The molecule has 3 rings (SSSR count). The van der Waals surface area contributed by atoms with Crippen molar-refractivity contribution in [1.82, 2.24) is 4.90 Å². The van der Waals surface area contributed by atoms with Crippen molar-refractivity contribution in [3.63, 3.8) is 0 Å². The van der Waals surface area contributed by atoms with Gasteiger partial charge in [-0.1, -0.05) is 12.1 Å². The molecule has 0 saturated carbocycles. The molecule has 0 radical (unpaired) electrons. The number of rotatable bonds is 8. The van der Waals surface area contributed by atoms with Crippen molar-refractivity contribution in [1.29, 1.82) is 0 Å². The average molecular weight is 410 g/mol. The van der Waals surface area contributed by atoms with Gasteiger partial charge in [-0.05, 0) is 67.6 Å². The minimum atomic E-state index is -0.163. The summed E-state index contributed by atoms with van der Waals surface area (Å²) in [4.78, 5) is 2.41. The zero-order valence-corrected chi connectivity index (χ0v) is 17.5. The topological polar surface area (TPSA) is 41.9 Å². The molecule has 0 fully saturated rings. The van der Waals surface area contributed by atoms with Gasteiger partial charge in [0.1, 0.15) is 12.4 Å². The van der Waals surface area contributed by atoms with Gasteiger partial charge in [-0.25, -0.2) is 4.39 Å². The summed E-state index contributed by atoms with van der Waals surface area (Å²) in [6.07, 6.45) is 1.88. The van der Waals surface area contributed by atoms with E-state index in [1.807, 2.05) is 24.3 Å². The Morgan fingerprint density at radius 2 is 1.82 bits per heavy atom. The summed E-state index contributed by atoms with van der Waals surface area (Å²) in [6.45, 7) is 6.35. The van der Waals surface area contributed by atoms with Crippen LogP contribution in [-0.2, 0) is 19.5 Å². The highest BCUT2D eigenvalue weighted by molar-refractivity contribution is 5.85. The van der Waals surface area contributed by atoms with E-state index in [0.29, 0.717) is 11.5 Å². The second-order valence-electron chi connectivity index (χ2n) is 7.64. The van der Waals surface area contributed by atoms with Crippen LogP contribution in [0.25, 0.3) is 0 Å². The lowest BCUT2D eigenvalue weighted by Gasteiger charge is -2.35. The summed E-state index contributed by atoms with van der Waals surface area (Å²) in [5.41, 5.74) is 3.49. The van der Waals surface area contributed by atoms with Gasteiger partial charge < -0.3 is 14.6 Å². The molecule has 1 heterocycles. The number of nitrogens with zero attached hydrogens (tertiary/aromatic N) is 1. The maximum Gasteiger partial charge on any atom is 0.161 e. The standard InChI is InChI=1S/C22H28FNO3.ClH/c1-22(2,24-14-17-5-6-19(23)13-18(17)15-24)9-8-16-4-7-20(27-11-10-25)21(12-16)26-3;/h4-7,12-13,25H,8-11,14-15H2,1-3H3;1H. The molecule has 0 bridgehead atoms. The average Bonchev–Trinajstić information content (AvgIpc) is 3.09. The fraction of sp³-hybridized carbons (Fsp3) is 0.455. The second kappa shape index (κ2) is 9.59. The Labute approximate surface area is 172 Å². The highest BCUT2D eigenvalue weighted by Crippen LogP contribution is 2.33. The molecule has 2 aromatic rings. The van der Waals surface area contributed by atoms with Crippen molar-refractivity contribution >= 4 is 12.4 Å². The van der Waals surface area contributed by atoms with Gasteiger partial charge in [0.05, 0.1) is 13.7 Å². The van der Waals surface area contributed by atoms with E-state index in [-0.39, 0.29) is 37.0 Å². The molecular formula is C22H29ClFNO3. The number of aryl methyl sites for hydroxylation is 1. The van der Waals surface area contributed by atoms with E-state index in [4.69, 9.17) is 14.6 Å². The first-order valence-electron chi connectivity index (χ1n) is 9.36. The molecule has 0 aromatic heterocycles. The monoisotopic (exact) mass is 409 g/mol. The minimum absolute atomic E-state index is 0. The van der Waals surface area contributed by atoms with Crippen LogP contribution < -0.4 is 9.47 Å². The van der Waals surface area contributed by atoms with Crippen LogP contribution in [0.15, 0.2) is 36.4 Å². The lowest BCUT2D eigenvalue weighted by atomic mass is 9.93. The number of aliphatic hydroxyl groups is 1. The van der Waals surface area contributed by atoms with Gasteiger partial charge in [-0.2, -0.15) is 0 Å². The van der Waals surface area contributed by atoms with Crippen molar-refractivity contribution in [2.24, 2.45) is 0 Å². The van der Waals surface area contributed by atoms with E-state index in [1.54, 1.807) is 19.2 Å². The first-order chi connectivity index (χ1) is 12.9. The highest BCUT2D eigenvalue weighted by Gasteiger charge is 2.31. The molecule has 0 atom stereocenters. The Morgan fingerprint density at radius 3 is 2.54 bits per heavy atom. The molecule has 4 nitrogen and oxygen atoms in total. The van der Waals surface area contributed by atoms with Gasteiger partial charge in [0, 0.05) is 18.6 Å². The van der Waals surface area contributed by atoms with Crippen LogP contribution >= 0.6 is 12.4 Å². The third-order valence-corrected chi connectivity index (χ3v) is 5.35. The predicted octanol–water partition coefficient (Wildman–Crippen LogP) is 4.35. The van der Waals surface area contributed by atoms with Gasteiger partial charge in [-0.15, -0.1) is 12.4 Å². The number of hydrogen-bond acceptors (Lipinski definition) is 4. The van der Waals surface area contributed by atoms with Crippen LogP contribution in [0, 0.1) is 5.82 Å². The predicted molar refractivity (Wildman–Crippen MR) is 111 cm³/mol. The molecule has 2 aromatic carbocycles. The molecule has 0 amide bonds. The van der Waals surface area contributed by atoms with E-state index in [0.717, 1.165) is 31.5 Å². The van der Waals surface area contributed by atoms with Gasteiger partial charge in [0.15, 0.2) is 11.5 Å². The Morgan fingerprint density at radius 1 is 1.07 bits per heavy atom. The lowest BCUT2D eigenvalue weighted by molar-refractivity contribution is 0.109. The van der Waals surface area contributed by atoms with Crippen LogP contribution in [0.1, 0.15) is 37.0 Å². The van der Waals surface area contributed by atoms with Crippen LogP contribution in [0.3, 0.4) is 0 Å². The zero-order chi connectivity index (χ0) is 19.4. The third kappa shape index (κ3) is 5.16. The minimum Gasteiger partial charge on any atom is -0.493 e. The fourth-order valence-corrected chi connectivity index (χ4v) is 3.54. The molecule has 0 saturated heterocycles. The molecule has 1 N–H and O–H groups in total. The molecule has 0 unspecified atom stereocenters. The molecule has 28 heavy (non-hydrogen) atoms.